The number of aromatic nitrogens is 5. The zero-order valence-electron chi connectivity index (χ0n) is 24.9. The molecule has 0 fully saturated rings. The lowest BCUT2D eigenvalue weighted by molar-refractivity contribution is -0.114. The van der Waals surface area contributed by atoms with E-state index in [1.807, 2.05) is 36.4 Å². The maximum Gasteiger partial charge on any atom is 0.138 e. The van der Waals surface area contributed by atoms with Gasteiger partial charge in [0.15, 0.2) is 0 Å². The quantitative estimate of drug-likeness (QED) is 0.209. The fourth-order valence-corrected chi connectivity index (χ4v) is 5.57. The Bertz CT molecular complexity index is 2160. The number of hydrogen-bond acceptors (Lipinski definition) is 5. The summed E-state index contributed by atoms with van der Waals surface area (Å²) in [6.07, 6.45) is 3.58. The minimum Gasteiger partial charge on any atom is -0.337 e. The number of carbonyl (C=O) groups is 1. The highest BCUT2D eigenvalue weighted by atomic mass is 16.1. The molecule has 4 aromatic heterocycles. The highest BCUT2D eigenvalue weighted by Crippen LogP contribution is 2.36. The Hall–Kier alpha value is -6.01. The Balaban J connectivity index is 0.000000770. The topological polar surface area (TPSA) is 84.4 Å². The number of rotatable bonds is 4. The summed E-state index contributed by atoms with van der Waals surface area (Å²) in [5.41, 5.74) is 8.48. The molecule has 0 amide bonds. The predicted octanol–water partition coefficient (Wildman–Crippen LogP) is 9.32. The van der Waals surface area contributed by atoms with Gasteiger partial charge in [0.1, 0.15) is 11.6 Å². The molecule has 216 valence electrons. The van der Waals surface area contributed by atoms with Gasteiger partial charge in [0, 0.05) is 28.7 Å². The Kier molecular flexibility index (Phi) is 7.37. The molecule has 0 saturated carbocycles. The molecule has 0 saturated heterocycles. The van der Waals surface area contributed by atoms with Crippen LogP contribution in [0.15, 0.2) is 134 Å². The number of pyridine rings is 3. The number of carbonyl (C=O) groups excluding carboxylic acids is 1. The molecule has 1 N–H and O–H groups in total. The van der Waals surface area contributed by atoms with Gasteiger partial charge < -0.3 is 9.78 Å². The summed E-state index contributed by atoms with van der Waals surface area (Å²) in [4.78, 5) is 32.1. The van der Waals surface area contributed by atoms with E-state index in [-0.39, 0.29) is 5.78 Å². The second-order valence-corrected chi connectivity index (χ2v) is 10.9. The number of ketones is 1. The van der Waals surface area contributed by atoms with Crippen LogP contribution in [0.1, 0.15) is 13.8 Å². The Labute approximate surface area is 260 Å². The monoisotopic (exact) mass is 583 g/mol. The maximum atomic E-state index is 9.44. The average Bonchev–Trinajstić information content (AvgIpc) is 3.55. The van der Waals surface area contributed by atoms with Crippen LogP contribution >= 0.6 is 0 Å². The molecule has 0 unspecified atom stereocenters. The molecule has 6 nitrogen and oxygen atoms in total. The molecule has 0 atom stereocenters. The van der Waals surface area contributed by atoms with Crippen LogP contribution in [0.3, 0.4) is 0 Å². The van der Waals surface area contributed by atoms with Gasteiger partial charge in [-0.3, -0.25) is 9.97 Å². The lowest BCUT2D eigenvalue weighted by atomic mass is 10.0. The third-order valence-electron chi connectivity index (χ3n) is 7.54. The van der Waals surface area contributed by atoms with Crippen molar-refractivity contribution in [3.63, 3.8) is 0 Å². The van der Waals surface area contributed by atoms with Crippen LogP contribution in [0.5, 0.6) is 0 Å². The number of H-pyrrole nitrogens is 1. The minimum atomic E-state index is 0.167. The van der Waals surface area contributed by atoms with Crippen LogP contribution in [0, 0.1) is 0 Å². The largest absolute Gasteiger partial charge is 0.337 e. The summed E-state index contributed by atoms with van der Waals surface area (Å²) in [6, 6.07) is 41.4. The number of benzene rings is 4. The fourth-order valence-electron chi connectivity index (χ4n) is 5.57. The van der Waals surface area contributed by atoms with Crippen LogP contribution in [0.25, 0.3) is 77.9 Å². The molecule has 4 aromatic carbocycles. The van der Waals surface area contributed by atoms with E-state index < -0.39 is 0 Å². The first-order chi connectivity index (χ1) is 22.0. The van der Waals surface area contributed by atoms with Crippen LogP contribution < -0.4 is 0 Å². The third kappa shape index (κ3) is 5.57. The highest BCUT2D eigenvalue weighted by molar-refractivity contribution is 6.23. The highest BCUT2D eigenvalue weighted by Gasteiger charge is 2.14. The van der Waals surface area contributed by atoms with Gasteiger partial charge in [-0.1, -0.05) is 84.9 Å². The second kappa shape index (κ2) is 11.9. The predicted molar refractivity (Wildman–Crippen MR) is 183 cm³/mol. The van der Waals surface area contributed by atoms with Crippen molar-refractivity contribution in [3.05, 3.63) is 134 Å². The number of aromatic amines is 1. The van der Waals surface area contributed by atoms with Gasteiger partial charge in [0.05, 0.1) is 33.8 Å². The first-order valence-corrected chi connectivity index (χ1v) is 14.8. The molecule has 6 heteroatoms. The van der Waals surface area contributed by atoms with E-state index in [0.29, 0.717) is 0 Å². The van der Waals surface area contributed by atoms with Crippen LogP contribution in [-0.2, 0) is 4.79 Å². The normalized spacial score (nSPS) is 11.0. The second-order valence-electron chi connectivity index (χ2n) is 10.9. The van der Waals surface area contributed by atoms with Crippen molar-refractivity contribution in [3.8, 4) is 45.3 Å². The molecule has 8 rings (SSSR count). The molecule has 0 aliphatic rings. The average molecular weight is 584 g/mol. The van der Waals surface area contributed by atoms with Gasteiger partial charge in [-0.2, -0.15) is 0 Å². The molecule has 0 bridgehead atoms. The summed E-state index contributed by atoms with van der Waals surface area (Å²) in [6.45, 7) is 3.06. The summed E-state index contributed by atoms with van der Waals surface area (Å²) < 4.78 is 0. The van der Waals surface area contributed by atoms with Gasteiger partial charge in [-0.05, 0) is 72.1 Å². The smallest absolute Gasteiger partial charge is 0.138 e. The molecule has 0 aliphatic carbocycles. The Morgan fingerprint density at radius 3 is 1.56 bits per heavy atom. The molecular weight excluding hydrogens is 554 g/mol. The van der Waals surface area contributed by atoms with E-state index in [2.05, 4.69) is 99.9 Å². The van der Waals surface area contributed by atoms with Crippen molar-refractivity contribution in [2.75, 3.05) is 0 Å². The Morgan fingerprint density at radius 1 is 0.511 bits per heavy atom. The molecule has 45 heavy (non-hydrogen) atoms. The summed E-state index contributed by atoms with van der Waals surface area (Å²) in [5, 5.41) is 4.78. The number of imidazole rings is 1. The van der Waals surface area contributed by atoms with E-state index >= 15 is 0 Å². The van der Waals surface area contributed by atoms with Crippen molar-refractivity contribution in [1.82, 2.24) is 24.9 Å². The van der Waals surface area contributed by atoms with E-state index in [1.165, 1.54) is 30.0 Å². The number of Topliss-reactive ketones (excluding diaryl/α,β-unsaturated/α-hetero) is 1. The zero-order valence-corrected chi connectivity index (χ0v) is 24.9. The van der Waals surface area contributed by atoms with Crippen molar-refractivity contribution in [1.29, 1.82) is 0 Å². The van der Waals surface area contributed by atoms with E-state index in [1.54, 1.807) is 12.4 Å². The van der Waals surface area contributed by atoms with Crippen molar-refractivity contribution in [2.45, 2.75) is 13.8 Å². The van der Waals surface area contributed by atoms with E-state index in [4.69, 9.17) is 9.97 Å². The van der Waals surface area contributed by atoms with E-state index in [0.717, 1.165) is 61.7 Å². The SMILES string of the molecule is CC(C)=O.c1ccc(-c2cc(-c3ccc(-c4nc5c6ccccc6c6ccccc6c5[nH]4)cc3)cc(-c3ccccn3)n2)nc1. The van der Waals surface area contributed by atoms with E-state index in [9.17, 15) is 4.79 Å². The van der Waals surface area contributed by atoms with Gasteiger partial charge >= 0.3 is 0 Å². The summed E-state index contributed by atoms with van der Waals surface area (Å²) >= 11 is 0. The van der Waals surface area contributed by atoms with Crippen molar-refractivity contribution >= 4 is 38.4 Å². The molecule has 0 aliphatic heterocycles. The first-order valence-electron chi connectivity index (χ1n) is 14.8. The molecule has 8 aromatic rings. The zero-order chi connectivity index (χ0) is 30.8. The minimum absolute atomic E-state index is 0.167. The summed E-state index contributed by atoms with van der Waals surface area (Å²) in [7, 11) is 0. The molecular formula is C39H29N5O. The molecule has 0 spiro atoms. The maximum absolute atomic E-state index is 9.44. The van der Waals surface area contributed by atoms with Gasteiger partial charge in [-0.15, -0.1) is 0 Å². The number of fused-ring (bicyclic) bond motifs is 6. The number of nitrogens with one attached hydrogen (secondary N) is 1. The Morgan fingerprint density at radius 2 is 1.00 bits per heavy atom. The summed E-state index contributed by atoms with van der Waals surface area (Å²) in [5.74, 6) is 1.02. The number of nitrogens with zero attached hydrogens (tertiary/aromatic N) is 4. The van der Waals surface area contributed by atoms with Crippen molar-refractivity contribution < 1.29 is 4.79 Å². The van der Waals surface area contributed by atoms with Gasteiger partial charge in [0.25, 0.3) is 0 Å². The number of hydrogen-bond donors (Lipinski definition) is 1. The van der Waals surface area contributed by atoms with Gasteiger partial charge in [-0.25, -0.2) is 9.97 Å². The lowest BCUT2D eigenvalue weighted by Gasteiger charge is -2.10. The van der Waals surface area contributed by atoms with Crippen LogP contribution in [0.2, 0.25) is 0 Å². The standard InChI is InChI=1S/C36H23N5.C3H6O/c1-3-11-28-26(9-1)27-10-2-4-12-29(27)35-34(28)40-36(41-35)24-17-15-23(16-18-24)25-21-32(30-13-5-7-19-37-30)39-33(22-25)31-14-6-8-20-38-31;1-3(2)4/h1-22H,(H,40,41);1-2H3. The third-order valence-corrected chi connectivity index (χ3v) is 7.54. The first kappa shape index (κ1) is 27.8. The molecule has 4 heterocycles. The molecule has 0 radical (unpaired) electrons. The fraction of sp³-hybridized carbons (Fsp3) is 0.0513. The van der Waals surface area contributed by atoms with Gasteiger partial charge in [0.2, 0.25) is 0 Å². The van der Waals surface area contributed by atoms with Crippen molar-refractivity contribution in [2.24, 2.45) is 0 Å². The van der Waals surface area contributed by atoms with Crippen LogP contribution in [0.4, 0.5) is 0 Å². The lowest BCUT2D eigenvalue weighted by Crippen LogP contribution is -1.94. The van der Waals surface area contributed by atoms with Crippen LogP contribution in [-0.4, -0.2) is 30.7 Å².